The molecule has 0 aliphatic heterocycles. The van der Waals surface area contributed by atoms with Crippen LogP contribution in [0.15, 0.2) is 10.9 Å². The first kappa shape index (κ1) is 13.9. The fourth-order valence-corrected chi connectivity index (χ4v) is 1.69. The van der Waals surface area contributed by atoms with Gasteiger partial charge in [-0.25, -0.2) is 4.79 Å². The van der Waals surface area contributed by atoms with Crippen LogP contribution in [-0.2, 0) is 6.54 Å². The zero-order valence-electron chi connectivity index (χ0n) is 11.4. The second-order valence-electron chi connectivity index (χ2n) is 4.96. The molecule has 0 saturated carbocycles. The van der Waals surface area contributed by atoms with Gasteiger partial charge in [0.15, 0.2) is 0 Å². The normalized spacial score (nSPS) is 13.1. The third-order valence-electron chi connectivity index (χ3n) is 3.15. The Morgan fingerprint density at radius 1 is 1.35 bits per heavy atom. The van der Waals surface area contributed by atoms with Gasteiger partial charge in [0.2, 0.25) is 0 Å². The Kier molecular flexibility index (Phi) is 4.87. The highest BCUT2D eigenvalue weighted by Crippen LogP contribution is 2.00. The van der Waals surface area contributed by atoms with E-state index in [2.05, 4.69) is 31.1 Å². The van der Waals surface area contributed by atoms with Crippen LogP contribution in [0.5, 0.6) is 0 Å². The molecule has 17 heavy (non-hydrogen) atoms. The molecule has 4 heteroatoms. The van der Waals surface area contributed by atoms with E-state index in [0.717, 1.165) is 17.9 Å². The van der Waals surface area contributed by atoms with Crippen molar-refractivity contribution < 1.29 is 0 Å². The van der Waals surface area contributed by atoms with Crippen LogP contribution in [0.2, 0.25) is 0 Å². The Morgan fingerprint density at radius 2 is 2.00 bits per heavy atom. The van der Waals surface area contributed by atoms with Gasteiger partial charge < -0.3 is 5.32 Å². The molecule has 0 bridgehead atoms. The highest BCUT2D eigenvalue weighted by atomic mass is 16.1. The molecule has 0 fully saturated rings. The molecule has 1 N–H and O–H groups in total. The van der Waals surface area contributed by atoms with Gasteiger partial charge in [-0.2, -0.15) is 4.98 Å². The molecule has 0 aromatic carbocycles. The molecule has 0 aliphatic carbocycles. The molecule has 4 nitrogen and oxygen atoms in total. The second-order valence-corrected chi connectivity index (χ2v) is 4.96. The van der Waals surface area contributed by atoms with Crippen LogP contribution in [0.1, 0.15) is 32.2 Å². The van der Waals surface area contributed by atoms with E-state index in [1.165, 1.54) is 0 Å². The largest absolute Gasteiger partial charge is 0.347 e. The first-order valence-electron chi connectivity index (χ1n) is 6.20. The van der Waals surface area contributed by atoms with E-state index in [-0.39, 0.29) is 5.69 Å². The molecule has 1 atom stereocenters. The van der Waals surface area contributed by atoms with Gasteiger partial charge in [0.25, 0.3) is 0 Å². The Hall–Kier alpha value is -1.16. The predicted octanol–water partition coefficient (Wildman–Crippen LogP) is 1.49. The summed E-state index contributed by atoms with van der Waals surface area (Å²) >= 11 is 0. The van der Waals surface area contributed by atoms with Gasteiger partial charge in [0, 0.05) is 30.5 Å². The lowest BCUT2D eigenvalue weighted by Crippen LogP contribution is -2.36. The Labute approximate surface area is 103 Å². The van der Waals surface area contributed by atoms with E-state index in [1.807, 2.05) is 19.9 Å². The van der Waals surface area contributed by atoms with Crippen LogP contribution in [0.25, 0.3) is 0 Å². The summed E-state index contributed by atoms with van der Waals surface area (Å²) in [5.74, 6) is 0.601. The van der Waals surface area contributed by atoms with Crippen molar-refractivity contribution in [2.45, 2.75) is 47.2 Å². The van der Waals surface area contributed by atoms with Gasteiger partial charge in [0.1, 0.15) is 0 Å². The van der Waals surface area contributed by atoms with Crippen LogP contribution in [0.3, 0.4) is 0 Å². The van der Waals surface area contributed by atoms with Gasteiger partial charge in [-0.15, -0.1) is 0 Å². The summed E-state index contributed by atoms with van der Waals surface area (Å²) in [6.07, 6.45) is 0. The van der Waals surface area contributed by atoms with Crippen molar-refractivity contribution in [2.75, 3.05) is 6.54 Å². The maximum Gasteiger partial charge on any atom is 0.347 e. The zero-order valence-corrected chi connectivity index (χ0v) is 11.4. The van der Waals surface area contributed by atoms with Crippen molar-refractivity contribution in [3.63, 3.8) is 0 Å². The highest BCUT2D eigenvalue weighted by Gasteiger charge is 2.07. The summed E-state index contributed by atoms with van der Waals surface area (Å²) < 4.78 is 1.72. The SMILES string of the molecule is Cc1cc(C)n(CCNC(C)C(C)C)c(=O)n1. The van der Waals surface area contributed by atoms with Crippen molar-refractivity contribution in [3.8, 4) is 0 Å². The van der Waals surface area contributed by atoms with Crippen molar-refractivity contribution in [1.29, 1.82) is 0 Å². The lowest BCUT2D eigenvalue weighted by atomic mass is 10.1. The first-order valence-corrected chi connectivity index (χ1v) is 6.20. The van der Waals surface area contributed by atoms with Crippen LogP contribution >= 0.6 is 0 Å². The summed E-state index contributed by atoms with van der Waals surface area (Å²) in [5.41, 5.74) is 1.61. The number of nitrogens with one attached hydrogen (secondary N) is 1. The molecular formula is C13H23N3O. The summed E-state index contributed by atoms with van der Waals surface area (Å²) in [6.45, 7) is 11.8. The zero-order chi connectivity index (χ0) is 13.0. The quantitative estimate of drug-likeness (QED) is 0.844. The van der Waals surface area contributed by atoms with Crippen LogP contribution in [0, 0.1) is 19.8 Å². The molecule has 0 aliphatic rings. The fraction of sp³-hybridized carbons (Fsp3) is 0.692. The molecule has 1 rings (SSSR count). The van der Waals surface area contributed by atoms with E-state index in [9.17, 15) is 4.79 Å². The smallest absolute Gasteiger partial charge is 0.312 e. The highest BCUT2D eigenvalue weighted by molar-refractivity contribution is 5.06. The van der Waals surface area contributed by atoms with E-state index in [0.29, 0.717) is 18.5 Å². The number of hydrogen-bond acceptors (Lipinski definition) is 3. The minimum Gasteiger partial charge on any atom is -0.312 e. The van der Waals surface area contributed by atoms with Crippen molar-refractivity contribution in [3.05, 3.63) is 27.9 Å². The van der Waals surface area contributed by atoms with E-state index >= 15 is 0 Å². The Bertz CT molecular complexity index is 423. The summed E-state index contributed by atoms with van der Waals surface area (Å²) in [5, 5.41) is 3.41. The molecular weight excluding hydrogens is 214 g/mol. The van der Waals surface area contributed by atoms with Crippen LogP contribution in [-0.4, -0.2) is 22.1 Å². The number of hydrogen-bond donors (Lipinski definition) is 1. The Morgan fingerprint density at radius 3 is 2.53 bits per heavy atom. The molecule has 0 amide bonds. The lowest BCUT2D eigenvalue weighted by Gasteiger charge is -2.18. The van der Waals surface area contributed by atoms with Crippen molar-refractivity contribution in [2.24, 2.45) is 5.92 Å². The minimum atomic E-state index is -0.151. The molecule has 1 heterocycles. The van der Waals surface area contributed by atoms with Gasteiger partial charge in [-0.05, 0) is 32.8 Å². The van der Waals surface area contributed by atoms with E-state index < -0.39 is 0 Å². The first-order chi connectivity index (χ1) is 7.91. The average Bonchev–Trinajstić information content (AvgIpc) is 2.21. The standard InChI is InChI=1S/C13H23N3O/c1-9(2)12(5)14-6-7-16-11(4)8-10(3)15-13(16)17/h8-9,12,14H,6-7H2,1-5H3. The molecule has 0 saturated heterocycles. The van der Waals surface area contributed by atoms with E-state index in [4.69, 9.17) is 0 Å². The van der Waals surface area contributed by atoms with Crippen LogP contribution in [0.4, 0.5) is 0 Å². The molecule has 0 spiro atoms. The molecule has 1 aromatic rings. The maximum atomic E-state index is 11.7. The molecule has 1 unspecified atom stereocenters. The number of nitrogens with zero attached hydrogens (tertiary/aromatic N) is 2. The van der Waals surface area contributed by atoms with E-state index in [1.54, 1.807) is 4.57 Å². The van der Waals surface area contributed by atoms with Gasteiger partial charge in [0.05, 0.1) is 0 Å². The number of aromatic nitrogens is 2. The Balaban J connectivity index is 2.61. The van der Waals surface area contributed by atoms with Crippen molar-refractivity contribution in [1.82, 2.24) is 14.9 Å². The minimum absolute atomic E-state index is 0.151. The average molecular weight is 237 g/mol. The topological polar surface area (TPSA) is 46.9 Å². The number of rotatable bonds is 5. The third kappa shape index (κ3) is 3.97. The molecule has 96 valence electrons. The summed E-state index contributed by atoms with van der Waals surface area (Å²) in [6, 6.07) is 2.40. The van der Waals surface area contributed by atoms with Gasteiger partial charge in [-0.1, -0.05) is 13.8 Å². The summed E-state index contributed by atoms with van der Waals surface area (Å²) in [7, 11) is 0. The monoisotopic (exact) mass is 237 g/mol. The summed E-state index contributed by atoms with van der Waals surface area (Å²) in [4.78, 5) is 15.6. The fourth-order valence-electron chi connectivity index (χ4n) is 1.69. The third-order valence-corrected chi connectivity index (χ3v) is 3.15. The van der Waals surface area contributed by atoms with Gasteiger partial charge >= 0.3 is 5.69 Å². The van der Waals surface area contributed by atoms with Crippen LogP contribution < -0.4 is 11.0 Å². The molecule has 0 radical (unpaired) electrons. The number of aryl methyl sites for hydroxylation is 2. The molecule has 1 aromatic heterocycles. The second kappa shape index (κ2) is 5.96. The predicted molar refractivity (Wildman–Crippen MR) is 70.3 cm³/mol. The van der Waals surface area contributed by atoms with Crippen molar-refractivity contribution >= 4 is 0 Å². The van der Waals surface area contributed by atoms with Gasteiger partial charge in [-0.3, -0.25) is 4.57 Å². The lowest BCUT2D eigenvalue weighted by molar-refractivity contribution is 0.412. The maximum absolute atomic E-state index is 11.7.